The number of hydrogen-bond donors (Lipinski definition) is 3. The van der Waals surface area contributed by atoms with Gasteiger partial charge in [-0.2, -0.15) is 0 Å². The molecule has 8 nitrogen and oxygen atoms in total. The van der Waals surface area contributed by atoms with E-state index in [9.17, 15) is 19.5 Å². The maximum Gasteiger partial charge on any atom is 0.408 e. The Morgan fingerprint density at radius 1 is 1.05 bits per heavy atom. The van der Waals surface area contributed by atoms with Gasteiger partial charge >= 0.3 is 6.09 Å². The molecule has 0 spiro atoms. The summed E-state index contributed by atoms with van der Waals surface area (Å²) in [5.41, 5.74) is 1.62. The number of carbonyl (C=O) groups is 3. The van der Waals surface area contributed by atoms with Crippen LogP contribution in [0.2, 0.25) is 0 Å². The van der Waals surface area contributed by atoms with Crippen LogP contribution < -0.4 is 10.6 Å². The number of amides is 3. The zero-order chi connectivity index (χ0) is 29.2. The van der Waals surface area contributed by atoms with Gasteiger partial charge in [0.15, 0.2) is 0 Å². The van der Waals surface area contributed by atoms with Crippen molar-refractivity contribution in [2.45, 2.75) is 84.5 Å². The van der Waals surface area contributed by atoms with Gasteiger partial charge in [-0.25, -0.2) is 4.79 Å². The zero-order valence-electron chi connectivity index (χ0n) is 24.0. The van der Waals surface area contributed by atoms with Crippen molar-refractivity contribution in [1.29, 1.82) is 0 Å². The number of aryl methyl sites for hydroxylation is 1. The first-order chi connectivity index (χ1) is 18.3. The Kier molecular flexibility index (Phi) is 11.6. The van der Waals surface area contributed by atoms with Crippen LogP contribution in [0.4, 0.5) is 4.79 Å². The number of nitrogens with zero attached hydrogens (tertiary/aromatic N) is 1. The molecule has 0 aliphatic rings. The quantitative estimate of drug-likeness (QED) is 0.323. The molecule has 2 rings (SSSR count). The van der Waals surface area contributed by atoms with E-state index >= 15 is 0 Å². The SMILES string of the molecule is C=CCN(C(=O)C(Cc1ccc(O)cc1)NC(=O)OC(C)(C)C)C(C(=O)NC(C)CCC)c1ccc(C)cc1. The average Bonchev–Trinajstić information content (AvgIpc) is 2.84. The predicted octanol–water partition coefficient (Wildman–Crippen LogP) is 5.20. The van der Waals surface area contributed by atoms with Crippen LogP contribution in [0, 0.1) is 6.92 Å². The molecule has 3 N–H and O–H groups in total. The molecular formula is C31H43N3O5. The number of hydrogen-bond acceptors (Lipinski definition) is 5. The Labute approximate surface area is 232 Å². The van der Waals surface area contributed by atoms with Crippen molar-refractivity contribution in [3.05, 3.63) is 77.9 Å². The Morgan fingerprint density at radius 3 is 2.21 bits per heavy atom. The fourth-order valence-corrected chi connectivity index (χ4v) is 4.23. The number of phenolic OH excluding ortho intramolecular Hbond substituents is 1. The minimum Gasteiger partial charge on any atom is -0.508 e. The fraction of sp³-hybridized carbons (Fsp3) is 0.452. The third kappa shape index (κ3) is 10.1. The Morgan fingerprint density at radius 2 is 1.67 bits per heavy atom. The molecule has 0 radical (unpaired) electrons. The van der Waals surface area contributed by atoms with Gasteiger partial charge < -0.3 is 25.4 Å². The molecule has 212 valence electrons. The Balaban J connectivity index is 2.52. The normalized spacial score (nSPS) is 13.5. The van der Waals surface area contributed by atoms with Crippen molar-refractivity contribution in [3.8, 4) is 5.75 Å². The van der Waals surface area contributed by atoms with E-state index in [1.165, 1.54) is 17.0 Å². The average molecular weight is 538 g/mol. The maximum absolute atomic E-state index is 14.2. The van der Waals surface area contributed by atoms with Crippen molar-refractivity contribution < 1.29 is 24.2 Å². The van der Waals surface area contributed by atoms with Crippen LogP contribution in [-0.2, 0) is 20.7 Å². The van der Waals surface area contributed by atoms with Crippen molar-refractivity contribution in [1.82, 2.24) is 15.5 Å². The van der Waals surface area contributed by atoms with Gasteiger partial charge in [0.2, 0.25) is 11.8 Å². The highest BCUT2D eigenvalue weighted by Crippen LogP contribution is 2.25. The van der Waals surface area contributed by atoms with Gasteiger partial charge in [-0.1, -0.05) is 61.4 Å². The molecule has 2 aromatic rings. The lowest BCUT2D eigenvalue weighted by Gasteiger charge is -2.34. The molecular weight excluding hydrogens is 494 g/mol. The largest absolute Gasteiger partial charge is 0.508 e. The van der Waals surface area contributed by atoms with Crippen LogP contribution in [-0.4, -0.2) is 52.1 Å². The molecule has 0 fully saturated rings. The number of aromatic hydroxyl groups is 1. The summed E-state index contributed by atoms with van der Waals surface area (Å²) >= 11 is 0. The summed E-state index contributed by atoms with van der Waals surface area (Å²) in [7, 11) is 0. The number of alkyl carbamates (subject to hydrolysis) is 1. The molecule has 3 atom stereocenters. The van der Waals surface area contributed by atoms with E-state index in [1.54, 1.807) is 39.0 Å². The topological polar surface area (TPSA) is 108 Å². The highest BCUT2D eigenvalue weighted by molar-refractivity contribution is 5.92. The lowest BCUT2D eigenvalue weighted by atomic mass is 9.99. The van der Waals surface area contributed by atoms with Crippen LogP contribution in [0.1, 0.15) is 70.2 Å². The van der Waals surface area contributed by atoms with Crippen LogP contribution >= 0.6 is 0 Å². The first-order valence-electron chi connectivity index (χ1n) is 13.4. The van der Waals surface area contributed by atoms with Crippen molar-refractivity contribution in [3.63, 3.8) is 0 Å². The van der Waals surface area contributed by atoms with Gasteiger partial charge in [0.1, 0.15) is 23.4 Å². The summed E-state index contributed by atoms with van der Waals surface area (Å²) in [6, 6.07) is 11.8. The van der Waals surface area contributed by atoms with Crippen molar-refractivity contribution >= 4 is 17.9 Å². The van der Waals surface area contributed by atoms with Crippen LogP contribution in [0.3, 0.4) is 0 Å². The molecule has 8 heteroatoms. The molecule has 2 aromatic carbocycles. The third-order valence-corrected chi connectivity index (χ3v) is 6.04. The number of carbonyl (C=O) groups excluding carboxylic acids is 3. The van der Waals surface area contributed by atoms with E-state index in [1.807, 2.05) is 45.0 Å². The smallest absolute Gasteiger partial charge is 0.408 e. The van der Waals surface area contributed by atoms with Crippen molar-refractivity contribution in [2.24, 2.45) is 0 Å². The number of rotatable bonds is 12. The minimum atomic E-state index is -1.04. The summed E-state index contributed by atoms with van der Waals surface area (Å²) in [5, 5.41) is 15.5. The summed E-state index contributed by atoms with van der Waals surface area (Å²) in [6.45, 7) is 15.0. The minimum absolute atomic E-state index is 0.0784. The zero-order valence-corrected chi connectivity index (χ0v) is 24.0. The van der Waals surface area contributed by atoms with Crippen LogP contribution in [0.5, 0.6) is 5.75 Å². The van der Waals surface area contributed by atoms with Gasteiger partial charge in [0.05, 0.1) is 0 Å². The van der Waals surface area contributed by atoms with Gasteiger partial charge in [-0.3, -0.25) is 9.59 Å². The highest BCUT2D eigenvalue weighted by Gasteiger charge is 2.36. The molecule has 3 unspecified atom stereocenters. The molecule has 0 bridgehead atoms. The van der Waals surface area contributed by atoms with E-state index in [2.05, 4.69) is 17.2 Å². The molecule has 39 heavy (non-hydrogen) atoms. The van der Waals surface area contributed by atoms with E-state index < -0.39 is 29.7 Å². The summed E-state index contributed by atoms with van der Waals surface area (Å²) in [5.74, 6) is -0.680. The molecule has 0 saturated heterocycles. The van der Waals surface area contributed by atoms with Gasteiger partial charge in [0.25, 0.3) is 0 Å². The monoisotopic (exact) mass is 537 g/mol. The summed E-state index contributed by atoms with van der Waals surface area (Å²) in [6.07, 6.45) is 2.64. The number of ether oxygens (including phenoxy) is 1. The number of nitrogens with one attached hydrogen (secondary N) is 2. The van der Waals surface area contributed by atoms with Crippen molar-refractivity contribution in [2.75, 3.05) is 6.54 Å². The van der Waals surface area contributed by atoms with E-state index in [-0.39, 0.29) is 30.7 Å². The standard InChI is InChI=1S/C31H43N3O5/c1-8-10-22(4)32-28(36)27(24-15-11-21(3)12-16-24)34(19-9-2)29(37)26(33-30(38)39-31(5,6)7)20-23-13-17-25(35)18-14-23/h9,11-18,22,26-27,35H,2,8,10,19-20H2,1,3-7H3,(H,32,36)(H,33,38). The number of phenols is 1. The molecule has 0 aliphatic heterocycles. The molecule has 0 saturated carbocycles. The predicted molar refractivity (Wildman–Crippen MR) is 153 cm³/mol. The van der Waals surface area contributed by atoms with E-state index in [0.717, 1.165) is 18.4 Å². The maximum atomic E-state index is 14.2. The Hall–Kier alpha value is -3.81. The Bertz CT molecular complexity index is 1110. The third-order valence-electron chi connectivity index (χ3n) is 6.04. The highest BCUT2D eigenvalue weighted by atomic mass is 16.6. The van der Waals surface area contributed by atoms with E-state index in [0.29, 0.717) is 11.1 Å². The second-order valence-electron chi connectivity index (χ2n) is 10.9. The lowest BCUT2D eigenvalue weighted by Crippen LogP contribution is -2.54. The summed E-state index contributed by atoms with van der Waals surface area (Å²) in [4.78, 5) is 42.1. The van der Waals surface area contributed by atoms with Gasteiger partial charge in [0, 0.05) is 19.0 Å². The van der Waals surface area contributed by atoms with Crippen LogP contribution in [0.15, 0.2) is 61.2 Å². The summed E-state index contributed by atoms with van der Waals surface area (Å²) < 4.78 is 5.44. The van der Waals surface area contributed by atoms with E-state index in [4.69, 9.17) is 4.74 Å². The fourth-order valence-electron chi connectivity index (χ4n) is 4.23. The number of benzene rings is 2. The molecule has 0 aromatic heterocycles. The first kappa shape index (κ1) is 31.4. The van der Waals surface area contributed by atoms with Crippen LogP contribution in [0.25, 0.3) is 0 Å². The molecule has 0 heterocycles. The first-order valence-corrected chi connectivity index (χ1v) is 13.4. The van der Waals surface area contributed by atoms with Gasteiger partial charge in [-0.15, -0.1) is 6.58 Å². The second-order valence-corrected chi connectivity index (χ2v) is 10.9. The molecule has 3 amide bonds. The molecule has 0 aliphatic carbocycles. The van der Waals surface area contributed by atoms with Gasteiger partial charge in [-0.05, 0) is 64.3 Å². The lowest BCUT2D eigenvalue weighted by molar-refractivity contribution is -0.142. The second kappa shape index (κ2) is 14.4.